The monoisotopic (exact) mass is 260 g/mol. The van der Waals surface area contributed by atoms with Crippen LogP contribution in [0.3, 0.4) is 0 Å². The zero-order valence-electron chi connectivity index (χ0n) is 10.1. The van der Waals surface area contributed by atoms with E-state index in [0.29, 0.717) is 11.3 Å². The summed E-state index contributed by atoms with van der Waals surface area (Å²) < 4.78 is 5.22. The molecular weight excluding hydrogens is 248 g/mol. The van der Waals surface area contributed by atoms with Crippen LogP contribution in [0.2, 0.25) is 0 Å². The van der Waals surface area contributed by atoms with E-state index >= 15 is 0 Å². The number of ether oxygens (including phenoxy) is 1. The number of Topliss-reactive ketones (excluding diaryl/α,β-unsaturated/α-hetero) is 1. The SMILES string of the molecule is COc1cccc(Sc2ccncn2)c1C(C)=O. The molecule has 0 fully saturated rings. The predicted molar refractivity (Wildman–Crippen MR) is 69.2 cm³/mol. The molecule has 0 bridgehead atoms. The Kier molecular flexibility index (Phi) is 3.94. The van der Waals surface area contributed by atoms with Crippen LogP contribution in [0.1, 0.15) is 17.3 Å². The Labute approximate surface area is 109 Å². The van der Waals surface area contributed by atoms with E-state index < -0.39 is 0 Å². The molecular formula is C13H12N2O2S. The number of carbonyl (C=O) groups is 1. The molecule has 0 N–H and O–H groups in total. The van der Waals surface area contributed by atoms with E-state index in [9.17, 15) is 4.79 Å². The molecule has 2 aromatic rings. The Hall–Kier alpha value is -1.88. The molecule has 0 unspecified atom stereocenters. The van der Waals surface area contributed by atoms with Crippen LogP contribution in [0, 0.1) is 0 Å². The van der Waals surface area contributed by atoms with Gasteiger partial charge in [0.15, 0.2) is 5.78 Å². The number of benzene rings is 1. The highest BCUT2D eigenvalue weighted by Crippen LogP contribution is 2.33. The summed E-state index contributed by atoms with van der Waals surface area (Å²) in [6, 6.07) is 7.32. The predicted octanol–water partition coefficient (Wildman–Crippen LogP) is 2.84. The molecule has 0 aliphatic rings. The van der Waals surface area contributed by atoms with Gasteiger partial charge in [-0.1, -0.05) is 17.8 Å². The van der Waals surface area contributed by atoms with Gasteiger partial charge in [0.25, 0.3) is 0 Å². The van der Waals surface area contributed by atoms with Gasteiger partial charge in [0.1, 0.15) is 17.1 Å². The Balaban J connectivity index is 2.42. The van der Waals surface area contributed by atoms with Crippen molar-refractivity contribution in [3.63, 3.8) is 0 Å². The van der Waals surface area contributed by atoms with Gasteiger partial charge >= 0.3 is 0 Å². The molecule has 5 heteroatoms. The molecule has 2 rings (SSSR count). The second-order valence-corrected chi connectivity index (χ2v) is 4.60. The van der Waals surface area contributed by atoms with Crippen molar-refractivity contribution in [2.45, 2.75) is 16.8 Å². The highest BCUT2D eigenvalue weighted by atomic mass is 32.2. The summed E-state index contributed by atoms with van der Waals surface area (Å²) >= 11 is 1.42. The molecule has 1 aromatic carbocycles. The molecule has 0 aliphatic carbocycles. The second kappa shape index (κ2) is 5.64. The number of methoxy groups -OCH3 is 1. The third kappa shape index (κ3) is 2.68. The van der Waals surface area contributed by atoms with Gasteiger partial charge in [-0.25, -0.2) is 9.97 Å². The van der Waals surface area contributed by atoms with Gasteiger partial charge in [0, 0.05) is 11.1 Å². The first-order valence-corrected chi connectivity index (χ1v) is 6.16. The van der Waals surface area contributed by atoms with E-state index in [-0.39, 0.29) is 5.78 Å². The standard InChI is InChI=1S/C13H12N2O2S/c1-9(16)13-10(17-2)4-3-5-11(13)18-12-6-7-14-8-15-12/h3-8H,1-2H3. The molecule has 0 spiro atoms. The van der Waals surface area contributed by atoms with E-state index in [1.165, 1.54) is 25.0 Å². The molecule has 0 saturated carbocycles. The molecule has 0 aliphatic heterocycles. The van der Waals surface area contributed by atoms with Crippen LogP contribution in [-0.2, 0) is 0 Å². The van der Waals surface area contributed by atoms with Gasteiger partial charge in [-0.15, -0.1) is 0 Å². The Morgan fingerprint density at radius 1 is 1.33 bits per heavy atom. The molecule has 1 aromatic heterocycles. The quantitative estimate of drug-likeness (QED) is 0.625. The summed E-state index contributed by atoms with van der Waals surface area (Å²) in [5.41, 5.74) is 0.587. The van der Waals surface area contributed by atoms with E-state index in [2.05, 4.69) is 9.97 Å². The highest BCUT2D eigenvalue weighted by Gasteiger charge is 2.14. The number of aromatic nitrogens is 2. The first-order chi connectivity index (χ1) is 8.72. The third-order valence-corrected chi connectivity index (χ3v) is 3.34. The second-order valence-electron chi connectivity index (χ2n) is 3.54. The van der Waals surface area contributed by atoms with Crippen LogP contribution in [0.5, 0.6) is 5.75 Å². The van der Waals surface area contributed by atoms with Gasteiger partial charge in [0.2, 0.25) is 0 Å². The third-order valence-electron chi connectivity index (χ3n) is 2.33. The molecule has 0 amide bonds. The van der Waals surface area contributed by atoms with Gasteiger partial charge in [0.05, 0.1) is 12.7 Å². The lowest BCUT2D eigenvalue weighted by Crippen LogP contribution is -2.00. The zero-order valence-corrected chi connectivity index (χ0v) is 10.9. The summed E-state index contributed by atoms with van der Waals surface area (Å²) in [6.07, 6.45) is 3.15. The molecule has 4 nitrogen and oxygen atoms in total. The Bertz CT molecular complexity index is 558. The van der Waals surface area contributed by atoms with Gasteiger partial charge in [-0.3, -0.25) is 4.79 Å². The molecule has 0 radical (unpaired) electrons. The minimum atomic E-state index is -0.0241. The minimum Gasteiger partial charge on any atom is -0.496 e. The fourth-order valence-corrected chi connectivity index (χ4v) is 2.51. The summed E-state index contributed by atoms with van der Waals surface area (Å²) in [4.78, 5) is 20.5. The summed E-state index contributed by atoms with van der Waals surface area (Å²) in [5, 5.41) is 0.792. The number of nitrogens with zero attached hydrogens (tertiary/aromatic N) is 2. The first kappa shape index (κ1) is 12.6. The summed E-state index contributed by atoms with van der Waals surface area (Å²) in [7, 11) is 1.56. The van der Waals surface area contributed by atoms with Crippen LogP contribution >= 0.6 is 11.8 Å². The van der Waals surface area contributed by atoms with E-state index in [1.54, 1.807) is 25.4 Å². The van der Waals surface area contributed by atoms with Crippen molar-refractivity contribution in [1.29, 1.82) is 0 Å². The van der Waals surface area contributed by atoms with E-state index in [0.717, 1.165) is 9.92 Å². The topological polar surface area (TPSA) is 52.1 Å². The number of carbonyl (C=O) groups excluding carboxylic acids is 1. The number of hydrogen-bond acceptors (Lipinski definition) is 5. The van der Waals surface area contributed by atoms with Crippen molar-refractivity contribution in [3.05, 3.63) is 42.4 Å². The number of ketones is 1. The van der Waals surface area contributed by atoms with Crippen LogP contribution in [0.4, 0.5) is 0 Å². The average molecular weight is 260 g/mol. The van der Waals surface area contributed by atoms with Crippen molar-refractivity contribution in [2.75, 3.05) is 7.11 Å². The Morgan fingerprint density at radius 3 is 2.78 bits per heavy atom. The van der Waals surface area contributed by atoms with Crippen molar-refractivity contribution >= 4 is 17.5 Å². The summed E-state index contributed by atoms with van der Waals surface area (Å²) in [6.45, 7) is 1.53. The van der Waals surface area contributed by atoms with E-state index in [4.69, 9.17) is 4.74 Å². The Morgan fingerprint density at radius 2 is 2.17 bits per heavy atom. The van der Waals surface area contributed by atoms with Crippen LogP contribution < -0.4 is 4.74 Å². The molecule has 92 valence electrons. The first-order valence-electron chi connectivity index (χ1n) is 5.34. The largest absolute Gasteiger partial charge is 0.496 e. The van der Waals surface area contributed by atoms with E-state index in [1.807, 2.05) is 12.1 Å². The lowest BCUT2D eigenvalue weighted by Gasteiger charge is -2.10. The van der Waals surface area contributed by atoms with Gasteiger partial charge in [-0.2, -0.15) is 0 Å². The average Bonchev–Trinajstić information content (AvgIpc) is 2.39. The lowest BCUT2D eigenvalue weighted by atomic mass is 10.1. The van der Waals surface area contributed by atoms with Gasteiger partial charge < -0.3 is 4.74 Å². The fraction of sp³-hybridized carbons (Fsp3) is 0.154. The van der Waals surface area contributed by atoms with Crippen molar-refractivity contribution in [2.24, 2.45) is 0 Å². The number of hydrogen-bond donors (Lipinski definition) is 0. The van der Waals surface area contributed by atoms with Crippen LogP contribution in [-0.4, -0.2) is 22.9 Å². The lowest BCUT2D eigenvalue weighted by molar-refractivity contribution is 0.101. The normalized spacial score (nSPS) is 10.1. The van der Waals surface area contributed by atoms with Crippen LogP contribution in [0.25, 0.3) is 0 Å². The summed E-state index contributed by atoms with van der Waals surface area (Å²) in [5.74, 6) is 0.561. The fourth-order valence-electron chi connectivity index (χ4n) is 1.56. The van der Waals surface area contributed by atoms with Crippen molar-refractivity contribution in [1.82, 2.24) is 9.97 Å². The zero-order chi connectivity index (χ0) is 13.0. The maximum Gasteiger partial charge on any atom is 0.164 e. The highest BCUT2D eigenvalue weighted by molar-refractivity contribution is 7.99. The number of rotatable bonds is 4. The molecule has 0 saturated heterocycles. The minimum absolute atomic E-state index is 0.0241. The van der Waals surface area contributed by atoms with Crippen LogP contribution in [0.15, 0.2) is 46.7 Å². The maximum atomic E-state index is 11.7. The smallest absolute Gasteiger partial charge is 0.164 e. The molecule has 18 heavy (non-hydrogen) atoms. The molecule has 0 atom stereocenters. The van der Waals surface area contributed by atoms with Crippen molar-refractivity contribution < 1.29 is 9.53 Å². The van der Waals surface area contributed by atoms with Crippen molar-refractivity contribution in [3.8, 4) is 5.75 Å². The van der Waals surface area contributed by atoms with Gasteiger partial charge in [-0.05, 0) is 25.1 Å². The molecule has 1 heterocycles. The maximum absolute atomic E-state index is 11.7.